The normalized spacial score (nSPS) is 19.0. The molecule has 7 heteroatoms. The van der Waals surface area contributed by atoms with Gasteiger partial charge in [-0.2, -0.15) is 0 Å². The van der Waals surface area contributed by atoms with Gasteiger partial charge in [0.05, 0.1) is 10.4 Å². The van der Waals surface area contributed by atoms with Crippen LogP contribution in [-0.2, 0) is 7.05 Å². The van der Waals surface area contributed by atoms with Crippen LogP contribution >= 0.6 is 11.3 Å². The molecule has 0 atom stereocenters. The third-order valence-corrected chi connectivity index (χ3v) is 7.40. The third-order valence-electron chi connectivity index (χ3n) is 6.55. The zero-order valence-corrected chi connectivity index (χ0v) is 18.6. The summed E-state index contributed by atoms with van der Waals surface area (Å²) < 4.78 is 8.02. The van der Waals surface area contributed by atoms with Gasteiger partial charge in [-0.25, -0.2) is 0 Å². The molecule has 0 aliphatic heterocycles. The number of rotatable bonds is 5. The summed E-state index contributed by atoms with van der Waals surface area (Å²) in [5.41, 5.74) is 2.88. The summed E-state index contributed by atoms with van der Waals surface area (Å²) in [5.74, 6) is 2.18. The van der Waals surface area contributed by atoms with Gasteiger partial charge < -0.3 is 14.3 Å². The van der Waals surface area contributed by atoms with Crippen molar-refractivity contribution in [3.63, 3.8) is 0 Å². The zero-order valence-electron chi connectivity index (χ0n) is 17.8. The topological polar surface area (TPSA) is 73.0 Å². The molecule has 3 aromatic heterocycles. The van der Waals surface area contributed by atoms with Crippen LogP contribution in [0.4, 0.5) is 0 Å². The molecule has 1 N–H and O–H groups in total. The van der Waals surface area contributed by atoms with Crippen molar-refractivity contribution >= 4 is 28.1 Å². The summed E-state index contributed by atoms with van der Waals surface area (Å²) in [6.07, 6.45) is 4.13. The zero-order chi connectivity index (χ0) is 21.4. The summed E-state index contributed by atoms with van der Waals surface area (Å²) >= 11 is 1.61. The smallest absolute Gasteiger partial charge is 0.257 e. The highest BCUT2D eigenvalue weighted by Crippen LogP contribution is 2.36. The van der Waals surface area contributed by atoms with Crippen LogP contribution in [0, 0.1) is 12.8 Å². The van der Waals surface area contributed by atoms with Crippen molar-refractivity contribution in [2.45, 2.75) is 38.5 Å². The Balaban J connectivity index is 1.18. The molecule has 1 amide bonds. The molecule has 0 unspecified atom stereocenters. The Kier molecular flexibility index (Phi) is 5.36. The molecule has 1 aromatic carbocycles. The second-order valence-electron chi connectivity index (χ2n) is 8.39. The van der Waals surface area contributed by atoms with E-state index >= 15 is 0 Å². The number of nitrogens with zero attached hydrogens (tertiary/aromatic N) is 3. The minimum atomic E-state index is 0.0221. The molecular formula is C24H26N4O2S. The maximum Gasteiger partial charge on any atom is 0.257 e. The van der Waals surface area contributed by atoms with Crippen molar-refractivity contribution in [1.29, 1.82) is 0 Å². The molecule has 0 spiro atoms. The predicted molar refractivity (Wildman–Crippen MR) is 122 cm³/mol. The van der Waals surface area contributed by atoms with Crippen molar-refractivity contribution in [2.75, 3.05) is 6.54 Å². The highest BCUT2D eigenvalue weighted by Gasteiger charge is 2.27. The molecule has 6 nitrogen and oxygen atoms in total. The first-order valence-electron chi connectivity index (χ1n) is 10.8. The lowest BCUT2D eigenvalue weighted by Crippen LogP contribution is -2.31. The fraction of sp³-hybridized carbons (Fsp3) is 0.375. The minimum absolute atomic E-state index is 0.0221. The molecule has 0 bridgehead atoms. The van der Waals surface area contributed by atoms with Gasteiger partial charge in [-0.3, -0.25) is 4.79 Å². The van der Waals surface area contributed by atoms with Crippen LogP contribution < -0.4 is 5.32 Å². The van der Waals surface area contributed by atoms with Crippen LogP contribution in [0.3, 0.4) is 0 Å². The highest BCUT2D eigenvalue weighted by molar-refractivity contribution is 7.13. The van der Waals surface area contributed by atoms with E-state index in [0.717, 1.165) is 58.6 Å². The number of para-hydroxylation sites is 1. The molecule has 4 aromatic rings. The Labute approximate surface area is 185 Å². The standard InChI is InChI=1S/C24H26N4O2S/c1-15-21(18-6-3-4-7-19(18)28(15)2)22(29)25-14-16-9-11-17(12-10-16)23-26-27-24(30-23)20-8-5-13-31-20/h3-8,13,16-17H,9-12,14H2,1-2H3,(H,25,29). The summed E-state index contributed by atoms with van der Waals surface area (Å²) in [4.78, 5) is 14.0. The Morgan fingerprint density at radius 1 is 1.16 bits per heavy atom. The first-order chi connectivity index (χ1) is 15.1. The number of aryl methyl sites for hydroxylation is 1. The molecule has 160 valence electrons. The second kappa shape index (κ2) is 8.30. The van der Waals surface area contributed by atoms with E-state index in [4.69, 9.17) is 4.42 Å². The molecule has 1 aliphatic carbocycles. The lowest BCUT2D eigenvalue weighted by molar-refractivity contribution is 0.0943. The van der Waals surface area contributed by atoms with Gasteiger partial charge in [0.2, 0.25) is 5.89 Å². The van der Waals surface area contributed by atoms with E-state index in [-0.39, 0.29) is 5.91 Å². The van der Waals surface area contributed by atoms with Crippen molar-refractivity contribution in [3.05, 3.63) is 58.9 Å². The molecular weight excluding hydrogens is 408 g/mol. The van der Waals surface area contributed by atoms with Gasteiger partial charge in [0.1, 0.15) is 0 Å². The van der Waals surface area contributed by atoms with E-state index in [0.29, 0.717) is 24.3 Å². The fourth-order valence-corrected chi connectivity index (χ4v) is 5.29. The van der Waals surface area contributed by atoms with Gasteiger partial charge in [-0.1, -0.05) is 24.3 Å². The van der Waals surface area contributed by atoms with Crippen molar-refractivity contribution in [2.24, 2.45) is 13.0 Å². The third kappa shape index (κ3) is 3.78. The van der Waals surface area contributed by atoms with E-state index in [2.05, 4.69) is 26.1 Å². The maximum atomic E-state index is 13.0. The van der Waals surface area contributed by atoms with Crippen LogP contribution in [0.2, 0.25) is 0 Å². The van der Waals surface area contributed by atoms with Gasteiger partial charge in [-0.05, 0) is 56.0 Å². The molecule has 0 radical (unpaired) electrons. The molecule has 1 aliphatic rings. The second-order valence-corrected chi connectivity index (χ2v) is 9.33. The SMILES string of the molecule is Cc1c(C(=O)NCC2CCC(c3nnc(-c4cccs4)o3)CC2)c2ccccc2n1C. The van der Waals surface area contributed by atoms with E-state index in [1.807, 2.05) is 49.7 Å². The van der Waals surface area contributed by atoms with E-state index in [1.54, 1.807) is 11.3 Å². The fourth-order valence-electron chi connectivity index (χ4n) is 4.65. The van der Waals surface area contributed by atoms with Crippen LogP contribution in [0.15, 0.2) is 46.2 Å². The lowest BCUT2D eigenvalue weighted by Gasteiger charge is -2.26. The first kappa shape index (κ1) is 20.0. The average molecular weight is 435 g/mol. The van der Waals surface area contributed by atoms with Crippen molar-refractivity contribution < 1.29 is 9.21 Å². The Morgan fingerprint density at radius 2 is 1.97 bits per heavy atom. The number of fused-ring (bicyclic) bond motifs is 1. The van der Waals surface area contributed by atoms with Gasteiger partial charge in [0.25, 0.3) is 11.8 Å². The number of hydrogen-bond acceptors (Lipinski definition) is 5. The van der Waals surface area contributed by atoms with Gasteiger partial charge in [-0.15, -0.1) is 21.5 Å². The number of hydrogen-bond donors (Lipinski definition) is 1. The lowest BCUT2D eigenvalue weighted by atomic mass is 9.82. The molecule has 0 saturated heterocycles. The predicted octanol–water partition coefficient (Wildman–Crippen LogP) is 5.30. The number of nitrogens with one attached hydrogen (secondary N) is 1. The number of amides is 1. The number of benzene rings is 1. The summed E-state index contributed by atoms with van der Waals surface area (Å²) in [6, 6.07) is 12.1. The van der Waals surface area contributed by atoms with Gasteiger partial charge >= 0.3 is 0 Å². The Morgan fingerprint density at radius 3 is 2.74 bits per heavy atom. The summed E-state index contributed by atoms with van der Waals surface area (Å²) in [6.45, 7) is 2.72. The van der Waals surface area contributed by atoms with E-state index in [9.17, 15) is 4.79 Å². The van der Waals surface area contributed by atoms with E-state index < -0.39 is 0 Å². The molecule has 5 rings (SSSR count). The maximum absolute atomic E-state index is 13.0. The quantitative estimate of drug-likeness (QED) is 0.462. The van der Waals surface area contributed by atoms with Crippen molar-refractivity contribution in [1.82, 2.24) is 20.1 Å². The van der Waals surface area contributed by atoms with Crippen LogP contribution in [0.1, 0.15) is 53.5 Å². The minimum Gasteiger partial charge on any atom is -0.420 e. The van der Waals surface area contributed by atoms with Crippen LogP contribution in [0.25, 0.3) is 21.7 Å². The van der Waals surface area contributed by atoms with Crippen molar-refractivity contribution in [3.8, 4) is 10.8 Å². The monoisotopic (exact) mass is 434 g/mol. The van der Waals surface area contributed by atoms with Gasteiger partial charge in [0, 0.05) is 36.1 Å². The first-order valence-corrected chi connectivity index (χ1v) is 11.7. The molecule has 31 heavy (non-hydrogen) atoms. The number of carbonyl (C=O) groups is 1. The molecule has 1 fully saturated rings. The van der Waals surface area contributed by atoms with E-state index in [1.165, 1.54) is 0 Å². The Bertz CT molecular complexity index is 1200. The largest absolute Gasteiger partial charge is 0.420 e. The molecule has 3 heterocycles. The summed E-state index contributed by atoms with van der Waals surface area (Å²) in [7, 11) is 2.01. The van der Waals surface area contributed by atoms with Gasteiger partial charge in [0.15, 0.2) is 0 Å². The Hall–Kier alpha value is -2.93. The highest BCUT2D eigenvalue weighted by atomic mass is 32.1. The average Bonchev–Trinajstić information content (AvgIpc) is 3.54. The molecule has 1 saturated carbocycles. The number of carbonyl (C=O) groups excluding carboxylic acids is 1. The van der Waals surface area contributed by atoms with Crippen LogP contribution in [-0.4, -0.2) is 27.2 Å². The van der Waals surface area contributed by atoms with Crippen LogP contribution in [0.5, 0.6) is 0 Å². The number of thiophene rings is 1. The number of aromatic nitrogens is 3. The summed E-state index contributed by atoms with van der Waals surface area (Å²) in [5, 5.41) is 14.7.